The maximum atomic E-state index is 14.3. The Bertz CT molecular complexity index is 1230. The van der Waals surface area contributed by atoms with Gasteiger partial charge in [0, 0.05) is 20.2 Å². The highest BCUT2D eigenvalue weighted by Gasteiger charge is 2.69. The molecule has 9 atom stereocenters. The van der Waals surface area contributed by atoms with E-state index in [2.05, 4.69) is 65.2 Å². The number of aliphatic hydroxyl groups excluding tert-OH is 2. The monoisotopic (exact) mass is 689 g/mol. The van der Waals surface area contributed by atoms with Crippen molar-refractivity contribution in [1.29, 1.82) is 0 Å². The van der Waals surface area contributed by atoms with Gasteiger partial charge in [-0.15, -0.1) is 0 Å². The molecule has 0 aliphatic heterocycles. The van der Waals surface area contributed by atoms with Gasteiger partial charge in [-0.3, -0.25) is 9.59 Å². The number of nitrogens with one attached hydrogen (secondary N) is 2. The second-order valence-corrected chi connectivity index (χ2v) is 18.5. The van der Waals surface area contributed by atoms with Crippen LogP contribution in [0.2, 0.25) is 0 Å². The van der Waals surface area contributed by atoms with Gasteiger partial charge in [-0.25, -0.2) is 0 Å². The van der Waals surface area contributed by atoms with E-state index in [1.165, 1.54) is 5.57 Å². The van der Waals surface area contributed by atoms with Crippen LogP contribution in [0.25, 0.3) is 0 Å². The zero-order chi connectivity index (χ0) is 35.9. The minimum atomic E-state index is -0.697. The topological polar surface area (TPSA) is 126 Å². The van der Waals surface area contributed by atoms with Gasteiger partial charge in [-0.05, 0) is 109 Å². The fraction of sp³-hybridized carbons (Fsp3) is 0.900. The minimum Gasteiger partial charge on any atom is -0.390 e. The normalized spacial score (nSPS) is 40.5. The Hall–Kier alpha value is -1.52. The number of hydrogen-bond acceptors (Lipinski definition) is 7. The molecule has 0 aromatic heterocycles. The Balaban J connectivity index is 1.25. The summed E-state index contributed by atoms with van der Waals surface area (Å²) in [4.78, 5) is 26.5. The van der Waals surface area contributed by atoms with E-state index in [0.29, 0.717) is 64.2 Å². The largest absolute Gasteiger partial charge is 0.390 e. The molecular weight excluding hydrogens is 620 g/mol. The molecule has 0 saturated heterocycles. The van der Waals surface area contributed by atoms with Crippen molar-refractivity contribution in [3.05, 3.63) is 11.6 Å². The first-order valence-electron chi connectivity index (χ1n) is 19.2. The van der Waals surface area contributed by atoms with E-state index in [1.807, 2.05) is 0 Å². The van der Waals surface area contributed by atoms with Crippen LogP contribution in [-0.4, -0.2) is 87.5 Å². The number of carbonyl (C=O) groups is 2. The van der Waals surface area contributed by atoms with Gasteiger partial charge in [0.2, 0.25) is 11.8 Å². The summed E-state index contributed by atoms with van der Waals surface area (Å²) in [7, 11) is 1.63. The molecule has 49 heavy (non-hydrogen) atoms. The van der Waals surface area contributed by atoms with Crippen LogP contribution in [0.3, 0.4) is 0 Å². The molecule has 5 aliphatic rings. The molecule has 4 fully saturated rings. The Morgan fingerprint density at radius 2 is 1.51 bits per heavy atom. The van der Waals surface area contributed by atoms with E-state index in [4.69, 9.17) is 14.2 Å². The van der Waals surface area contributed by atoms with Gasteiger partial charge < -0.3 is 35.1 Å². The van der Waals surface area contributed by atoms with Gasteiger partial charge in [0.15, 0.2) is 0 Å². The molecule has 2 amide bonds. The van der Waals surface area contributed by atoms with Crippen LogP contribution in [0.4, 0.5) is 0 Å². The van der Waals surface area contributed by atoms with Crippen LogP contribution in [0.15, 0.2) is 11.6 Å². The van der Waals surface area contributed by atoms with Crippen molar-refractivity contribution < 1.29 is 34.0 Å². The first-order valence-corrected chi connectivity index (χ1v) is 19.2. The lowest BCUT2D eigenvalue weighted by Crippen LogP contribution is -2.67. The maximum absolute atomic E-state index is 14.3. The summed E-state index contributed by atoms with van der Waals surface area (Å²) in [5, 5.41) is 28.5. The highest BCUT2D eigenvalue weighted by atomic mass is 16.5. The molecule has 4 saturated carbocycles. The molecule has 5 aliphatic carbocycles. The molecule has 280 valence electrons. The molecule has 9 nitrogen and oxygen atoms in total. The Labute approximate surface area is 296 Å². The van der Waals surface area contributed by atoms with Gasteiger partial charge in [-0.2, -0.15) is 0 Å². The number of rotatable bonds is 13. The second kappa shape index (κ2) is 14.5. The summed E-state index contributed by atoms with van der Waals surface area (Å²) in [6.45, 7) is 19.4. The highest BCUT2D eigenvalue weighted by molar-refractivity contribution is 5.84. The van der Waals surface area contributed by atoms with Crippen molar-refractivity contribution in [2.75, 3.05) is 53.2 Å². The van der Waals surface area contributed by atoms with E-state index in [1.54, 1.807) is 7.11 Å². The van der Waals surface area contributed by atoms with Crippen LogP contribution in [0.5, 0.6) is 0 Å². The number of ether oxygens (including phenoxy) is 3. The summed E-state index contributed by atoms with van der Waals surface area (Å²) in [6.07, 6.45) is 10.5. The van der Waals surface area contributed by atoms with Gasteiger partial charge in [0.05, 0.1) is 44.1 Å². The molecule has 4 N–H and O–H groups in total. The lowest BCUT2D eigenvalue weighted by Gasteiger charge is -2.71. The average molecular weight is 689 g/mol. The fourth-order valence-electron chi connectivity index (χ4n) is 12.1. The number of hydrogen-bond donors (Lipinski definition) is 4. The quantitative estimate of drug-likeness (QED) is 0.150. The van der Waals surface area contributed by atoms with Crippen LogP contribution < -0.4 is 10.6 Å². The summed E-state index contributed by atoms with van der Waals surface area (Å²) in [6, 6.07) is 0. The van der Waals surface area contributed by atoms with E-state index in [-0.39, 0.29) is 51.4 Å². The van der Waals surface area contributed by atoms with E-state index >= 15 is 0 Å². The molecule has 9 heteroatoms. The predicted octanol–water partition coefficient (Wildman–Crippen LogP) is 5.42. The number of carbonyl (C=O) groups excluding carboxylic acids is 2. The van der Waals surface area contributed by atoms with E-state index < -0.39 is 17.6 Å². The number of methoxy groups -OCH3 is 1. The summed E-state index contributed by atoms with van der Waals surface area (Å²) in [5.74, 6) is 1.02. The molecule has 0 aromatic carbocycles. The fourth-order valence-corrected chi connectivity index (χ4v) is 12.1. The summed E-state index contributed by atoms with van der Waals surface area (Å²) < 4.78 is 15.7. The number of aliphatic hydroxyl groups is 2. The van der Waals surface area contributed by atoms with Crippen LogP contribution in [-0.2, 0) is 23.8 Å². The second-order valence-electron chi connectivity index (χ2n) is 18.5. The molecule has 0 bridgehead atoms. The average Bonchev–Trinajstić information content (AvgIpc) is 3.03. The van der Waals surface area contributed by atoms with Crippen molar-refractivity contribution in [3.8, 4) is 0 Å². The van der Waals surface area contributed by atoms with Crippen LogP contribution >= 0.6 is 0 Å². The highest BCUT2D eigenvalue weighted by Crippen LogP contribution is 2.75. The lowest BCUT2D eigenvalue weighted by atomic mass is 9.33. The number of amides is 2. The van der Waals surface area contributed by atoms with Crippen LogP contribution in [0.1, 0.15) is 113 Å². The van der Waals surface area contributed by atoms with Crippen molar-refractivity contribution in [1.82, 2.24) is 10.6 Å². The molecule has 0 unspecified atom stereocenters. The number of fused-ring (bicyclic) bond motifs is 7. The minimum absolute atomic E-state index is 0.00562. The Morgan fingerprint density at radius 3 is 2.24 bits per heavy atom. The van der Waals surface area contributed by atoms with Gasteiger partial charge in [-0.1, -0.05) is 60.1 Å². The SMILES string of the molecule is COCCOCCOCC(=O)NCCCNC(=O)[C@]12CCC(C)(C)C[C@H]1C1=CC[C@@H]3[C@@]4(C)C[C@@H](O)[C@H](O)C(C)(C)[C@@H]4CC[C@@]3(C)[C@]1(C)CC2. The van der Waals surface area contributed by atoms with Crippen molar-refractivity contribution in [2.24, 2.45) is 50.2 Å². The van der Waals surface area contributed by atoms with Crippen molar-refractivity contribution >= 4 is 11.8 Å². The third-order valence-corrected chi connectivity index (χ3v) is 15.0. The summed E-state index contributed by atoms with van der Waals surface area (Å²) in [5.41, 5.74) is 0.948. The standard InChI is InChI=1S/C40H68N2O7/c1-35(2)14-16-40(34(46)42-19-9-18-41-32(44)26-49-23-22-48-21-20-47-8)17-15-38(6)27(28(40)24-35)10-11-31-37(5)25-29(43)33(45)36(3,4)30(37)12-13-39(31,38)7/h10,28-31,33,43,45H,9,11-26H2,1-8H3,(H,41,44)(H,42,46)/t28-,29+,30-,31+,33-,37-,38+,39+,40-/m0/s1. The zero-order valence-corrected chi connectivity index (χ0v) is 31.9. The Morgan fingerprint density at radius 1 is 0.837 bits per heavy atom. The van der Waals surface area contributed by atoms with Gasteiger partial charge in [0.1, 0.15) is 6.61 Å². The maximum Gasteiger partial charge on any atom is 0.246 e. The van der Waals surface area contributed by atoms with Gasteiger partial charge in [0.25, 0.3) is 0 Å². The molecular formula is C40H68N2O7. The third-order valence-electron chi connectivity index (χ3n) is 15.0. The smallest absolute Gasteiger partial charge is 0.246 e. The molecule has 0 aromatic rings. The van der Waals surface area contributed by atoms with E-state index in [9.17, 15) is 19.8 Å². The Kier molecular flexibility index (Phi) is 11.4. The van der Waals surface area contributed by atoms with Crippen molar-refractivity contribution in [3.63, 3.8) is 0 Å². The summed E-state index contributed by atoms with van der Waals surface area (Å²) >= 11 is 0. The molecule has 0 radical (unpaired) electrons. The van der Waals surface area contributed by atoms with E-state index in [0.717, 1.165) is 51.4 Å². The molecule has 5 rings (SSSR count). The molecule has 0 spiro atoms. The first kappa shape index (κ1) is 38.7. The van der Waals surface area contributed by atoms with Gasteiger partial charge >= 0.3 is 0 Å². The van der Waals surface area contributed by atoms with Crippen molar-refractivity contribution in [2.45, 2.75) is 125 Å². The predicted molar refractivity (Wildman–Crippen MR) is 191 cm³/mol. The lowest BCUT2D eigenvalue weighted by molar-refractivity contribution is -0.231. The zero-order valence-electron chi connectivity index (χ0n) is 31.9. The first-order chi connectivity index (χ1) is 23.0. The van der Waals surface area contributed by atoms with Crippen LogP contribution in [0, 0.1) is 50.2 Å². The molecule has 0 heterocycles. The number of allylic oxidation sites excluding steroid dienone is 2. The third kappa shape index (κ3) is 6.90.